The molecule has 4 atom stereocenters. The Morgan fingerprint density at radius 2 is 1.80 bits per heavy atom. The molecule has 4 aliphatic heterocycles. The lowest BCUT2D eigenvalue weighted by molar-refractivity contribution is -0.141. The van der Waals surface area contributed by atoms with E-state index >= 15 is 0 Å². The molecule has 3 aromatic carbocycles. The molecule has 3 N–H and O–H groups in total. The molecule has 10 rings (SSSR count). The zero-order valence-corrected chi connectivity index (χ0v) is 32.9. The summed E-state index contributed by atoms with van der Waals surface area (Å²) >= 11 is 14.1. The molecule has 13 heteroatoms. The summed E-state index contributed by atoms with van der Waals surface area (Å²) < 4.78 is 22.5. The van der Waals surface area contributed by atoms with E-state index < -0.39 is 29.2 Å². The number of Topliss-reactive ketones (excluding diaryl/α,β-unsaturated/α-hetero) is 1. The monoisotopic (exact) mass is 791 g/mol. The van der Waals surface area contributed by atoms with Gasteiger partial charge in [0.25, 0.3) is 5.89 Å². The van der Waals surface area contributed by atoms with Gasteiger partial charge in [-0.3, -0.25) is 9.59 Å². The Balaban J connectivity index is 1.30. The fraction of sp³-hybridized carbons (Fsp3) is 0.349. The first-order chi connectivity index (χ1) is 26.9. The Kier molecular flexibility index (Phi) is 7.69. The van der Waals surface area contributed by atoms with Gasteiger partial charge in [-0.15, -0.1) is 0 Å². The van der Waals surface area contributed by atoms with Crippen molar-refractivity contribution in [2.75, 3.05) is 5.32 Å². The van der Waals surface area contributed by atoms with Crippen molar-refractivity contribution < 1.29 is 28.3 Å². The number of nitrogens with one attached hydrogen (secondary N) is 2. The topological polar surface area (TPSA) is 145 Å². The van der Waals surface area contributed by atoms with Crippen LogP contribution >= 0.6 is 23.2 Å². The number of benzene rings is 3. The van der Waals surface area contributed by atoms with Crippen LogP contribution in [0.1, 0.15) is 81.3 Å². The number of hydrogen-bond donors (Lipinski definition) is 3. The molecular weight excluding hydrogens is 753 g/mol. The number of hydrogen-bond acceptors (Lipinski definition) is 9. The predicted octanol–water partition coefficient (Wildman–Crippen LogP) is 8.75. The van der Waals surface area contributed by atoms with Crippen LogP contribution in [-0.2, 0) is 28.5 Å². The Hall–Kier alpha value is -5.10. The molecule has 4 aliphatic rings. The first-order valence-electron chi connectivity index (χ1n) is 19.1. The number of oxazole rings is 2. The quantitative estimate of drug-likeness (QED) is 0.151. The second-order valence-corrected chi connectivity index (χ2v) is 16.5. The molecule has 0 saturated carbocycles. The van der Waals surface area contributed by atoms with Gasteiger partial charge in [-0.05, 0) is 48.4 Å². The van der Waals surface area contributed by atoms with Gasteiger partial charge in [0.2, 0.25) is 11.8 Å². The van der Waals surface area contributed by atoms with Crippen LogP contribution in [0.5, 0.6) is 5.75 Å². The van der Waals surface area contributed by atoms with Gasteiger partial charge in [0.15, 0.2) is 34.4 Å². The second-order valence-electron chi connectivity index (χ2n) is 15.8. The SMILES string of the molecule is CCC(O)(CC)C(=O)C[C@H]1Cc2ccc3c(c2)[C@]24c5cccc(c5NC2O3)-c2cccc3c2c(c(Cl)n3C)-c2oc(nc2Cl)-c2nc(oc24)[C@H](C(C)C)NC1=O. The van der Waals surface area contributed by atoms with Gasteiger partial charge in [-0.25, -0.2) is 4.98 Å². The van der Waals surface area contributed by atoms with Crippen LogP contribution in [0.2, 0.25) is 10.3 Å². The van der Waals surface area contributed by atoms with Gasteiger partial charge in [0.1, 0.15) is 28.0 Å². The first kappa shape index (κ1) is 35.3. The van der Waals surface area contributed by atoms with E-state index in [4.69, 9.17) is 46.7 Å². The van der Waals surface area contributed by atoms with Crippen molar-refractivity contribution in [2.45, 2.75) is 76.7 Å². The van der Waals surface area contributed by atoms with Crippen LogP contribution in [0.15, 0.2) is 63.4 Å². The van der Waals surface area contributed by atoms with Gasteiger partial charge in [0.05, 0.1) is 11.1 Å². The highest BCUT2D eigenvalue weighted by molar-refractivity contribution is 6.38. The van der Waals surface area contributed by atoms with Crippen LogP contribution in [-0.4, -0.2) is 43.2 Å². The highest BCUT2D eigenvalue weighted by Crippen LogP contribution is 2.62. The molecule has 0 fully saturated rings. The van der Waals surface area contributed by atoms with Crippen LogP contribution < -0.4 is 15.4 Å². The molecule has 56 heavy (non-hydrogen) atoms. The predicted molar refractivity (Wildman–Crippen MR) is 212 cm³/mol. The number of carbonyl (C=O) groups is 2. The molecule has 10 bridgehead atoms. The fourth-order valence-corrected chi connectivity index (χ4v) is 9.85. The highest BCUT2D eigenvalue weighted by atomic mass is 35.5. The number of ketones is 1. The molecule has 3 aromatic heterocycles. The summed E-state index contributed by atoms with van der Waals surface area (Å²) in [5.41, 5.74) is 4.33. The summed E-state index contributed by atoms with van der Waals surface area (Å²) in [5.74, 6) is 0.00129. The molecule has 7 heterocycles. The zero-order chi connectivity index (χ0) is 39.0. The van der Waals surface area contributed by atoms with Crippen molar-refractivity contribution in [3.8, 4) is 39.8 Å². The Bertz CT molecular complexity index is 2670. The summed E-state index contributed by atoms with van der Waals surface area (Å²) in [6.45, 7) is 7.50. The van der Waals surface area contributed by atoms with E-state index in [9.17, 15) is 14.7 Å². The summed E-state index contributed by atoms with van der Waals surface area (Å²) in [7, 11) is 1.90. The third-order valence-corrected chi connectivity index (χ3v) is 13.2. The number of halogens is 2. The molecule has 0 aliphatic carbocycles. The standard InChI is InChI=1S/C43H39Cl2N5O6/c1-6-42(53,7-2)28(51)18-21-16-20-14-15-27-25(17-20)43-24-12-8-11-23(32(24)48-41(43)54-27)22-10-9-13-26-29(22)30(37(45)50(26)5)34-36(44)49-40(55-34)33-35(43)56-39(47-33)31(19(3)4)46-38(21)52/h8-15,17,19,21,31,41,48,53H,6-7,16,18H2,1-5H3,(H,46,52)/t21-,31+,41?,43+/m1/s1. The average Bonchev–Trinajstić information content (AvgIpc) is 3.98. The molecule has 0 radical (unpaired) electrons. The zero-order valence-electron chi connectivity index (χ0n) is 31.4. The third kappa shape index (κ3) is 4.62. The summed E-state index contributed by atoms with van der Waals surface area (Å²) in [4.78, 5) is 38.0. The van der Waals surface area contributed by atoms with E-state index in [1.807, 2.05) is 61.9 Å². The number of fused-ring (bicyclic) bond motifs is 7. The van der Waals surface area contributed by atoms with Gasteiger partial charge >= 0.3 is 0 Å². The lowest BCUT2D eigenvalue weighted by atomic mass is 9.72. The van der Waals surface area contributed by atoms with E-state index in [0.717, 1.165) is 44.4 Å². The molecule has 1 unspecified atom stereocenters. The van der Waals surface area contributed by atoms with Crippen molar-refractivity contribution in [3.63, 3.8) is 0 Å². The number of para-hydroxylation sites is 1. The maximum absolute atomic E-state index is 14.4. The molecule has 11 nitrogen and oxygen atoms in total. The number of amides is 1. The smallest absolute Gasteiger partial charge is 0.250 e. The minimum atomic E-state index is -1.53. The van der Waals surface area contributed by atoms with Crippen LogP contribution in [0.3, 0.4) is 0 Å². The molecule has 286 valence electrons. The van der Waals surface area contributed by atoms with E-state index in [0.29, 0.717) is 33.7 Å². The third-order valence-electron chi connectivity index (χ3n) is 12.5. The summed E-state index contributed by atoms with van der Waals surface area (Å²) in [6, 6.07) is 17.4. The molecule has 0 saturated heterocycles. The second kappa shape index (κ2) is 12.2. The number of rotatable bonds is 6. The number of aromatic nitrogens is 3. The number of carbonyl (C=O) groups excluding carboxylic acids is 2. The van der Waals surface area contributed by atoms with Gasteiger partial charge < -0.3 is 33.9 Å². The van der Waals surface area contributed by atoms with E-state index in [1.54, 1.807) is 13.8 Å². The minimum absolute atomic E-state index is 0.107. The molecular formula is C43H39Cl2N5O6. The number of anilines is 1. The lowest BCUT2D eigenvalue weighted by Gasteiger charge is -2.29. The number of aliphatic hydroxyl groups is 1. The van der Waals surface area contributed by atoms with Gasteiger partial charge in [-0.1, -0.05) is 93.4 Å². The van der Waals surface area contributed by atoms with Crippen molar-refractivity contribution in [3.05, 3.63) is 93.2 Å². The Morgan fingerprint density at radius 3 is 2.57 bits per heavy atom. The van der Waals surface area contributed by atoms with Crippen molar-refractivity contribution >= 4 is 51.5 Å². The number of ether oxygens (including phenoxy) is 1. The van der Waals surface area contributed by atoms with Crippen LogP contribution in [0.4, 0.5) is 5.69 Å². The first-order valence-corrected chi connectivity index (χ1v) is 19.9. The maximum atomic E-state index is 14.4. The normalized spacial score (nSPS) is 21.6. The number of nitrogens with zero attached hydrogens (tertiary/aromatic N) is 3. The van der Waals surface area contributed by atoms with Gasteiger partial charge in [0, 0.05) is 47.2 Å². The van der Waals surface area contributed by atoms with E-state index in [1.165, 1.54) is 0 Å². The lowest BCUT2D eigenvalue weighted by Crippen LogP contribution is -2.43. The minimum Gasteiger partial charge on any atom is -0.469 e. The summed E-state index contributed by atoms with van der Waals surface area (Å²) in [6.07, 6.45) is -0.0832. The summed E-state index contributed by atoms with van der Waals surface area (Å²) in [5, 5.41) is 19.5. The Labute approximate surface area is 332 Å². The number of aryl methyl sites for hydroxylation is 1. The van der Waals surface area contributed by atoms with Crippen molar-refractivity contribution in [1.82, 2.24) is 19.9 Å². The largest absolute Gasteiger partial charge is 0.469 e. The molecule has 1 spiro atoms. The van der Waals surface area contributed by atoms with E-state index in [2.05, 4.69) is 28.8 Å². The Morgan fingerprint density at radius 1 is 1.04 bits per heavy atom. The maximum Gasteiger partial charge on any atom is 0.250 e. The molecule has 1 amide bonds. The molecule has 6 aromatic rings. The highest BCUT2D eigenvalue weighted by Gasteiger charge is 2.62. The van der Waals surface area contributed by atoms with Crippen LogP contribution in [0, 0.1) is 11.8 Å². The fourth-order valence-electron chi connectivity index (χ4n) is 9.37. The van der Waals surface area contributed by atoms with Crippen molar-refractivity contribution in [1.29, 1.82) is 0 Å². The average molecular weight is 793 g/mol. The van der Waals surface area contributed by atoms with E-state index in [-0.39, 0.29) is 60.2 Å². The van der Waals surface area contributed by atoms with Crippen molar-refractivity contribution in [2.24, 2.45) is 18.9 Å². The van der Waals surface area contributed by atoms with Crippen LogP contribution in [0.25, 0.3) is 44.9 Å². The van der Waals surface area contributed by atoms with Gasteiger partial charge in [-0.2, -0.15) is 4.98 Å².